The fourth-order valence-corrected chi connectivity index (χ4v) is 2.41. The molecular weight excluding hydrogens is 236 g/mol. The number of carbonyl (C=O) groups is 1. The van der Waals surface area contributed by atoms with E-state index in [1.807, 2.05) is 18.4 Å². The van der Waals surface area contributed by atoms with Crippen molar-refractivity contribution in [3.05, 3.63) is 33.1 Å². The van der Waals surface area contributed by atoms with E-state index < -0.39 is 0 Å². The molecule has 0 saturated heterocycles. The molecule has 0 aromatic carbocycles. The van der Waals surface area contributed by atoms with Crippen molar-refractivity contribution in [2.75, 3.05) is 5.73 Å². The zero-order valence-electron chi connectivity index (χ0n) is 9.70. The summed E-state index contributed by atoms with van der Waals surface area (Å²) in [6.45, 7) is 4.32. The van der Waals surface area contributed by atoms with Crippen molar-refractivity contribution in [3.8, 4) is 0 Å². The number of hydrogen-bond acceptors (Lipinski definition) is 4. The molecule has 0 radical (unpaired) electrons. The number of hydrogen-bond donors (Lipinski definition) is 3. The number of thiophene rings is 1. The minimum Gasteiger partial charge on any atom is -0.382 e. The lowest BCUT2D eigenvalue weighted by Gasteiger charge is -2.04. The van der Waals surface area contributed by atoms with E-state index in [0.717, 1.165) is 4.88 Å². The summed E-state index contributed by atoms with van der Waals surface area (Å²) in [6.07, 6.45) is 0. The van der Waals surface area contributed by atoms with Crippen LogP contribution in [-0.2, 0) is 6.54 Å². The van der Waals surface area contributed by atoms with Crippen LogP contribution in [0, 0.1) is 13.8 Å². The van der Waals surface area contributed by atoms with Crippen LogP contribution < -0.4 is 11.1 Å². The summed E-state index contributed by atoms with van der Waals surface area (Å²) in [4.78, 5) is 13.1. The van der Waals surface area contributed by atoms with E-state index in [1.165, 1.54) is 5.56 Å². The largest absolute Gasteiger partial charge is 0.382 e. The molecule has 17 heavy (non-hydrogen) atoms. The fourth-order valence-electron chi connectivity index (χ4n) is 1.57. The van der Waals surface area contributed by atoms with Gasteiger partial charge in [-0.05, 0) is 30.9 Å². The van der Waals surface area contributed by atoms with Gasteiger partial charge >= 0.3 is 0 Å². The smallest absolute Gasteiger partial charge is 0.257 e. The summed E-state index contributed by atoms with van der Waals surface area (Å²) in [5.41, 5.74) is 7.92. The van der Waals surface area contributed by atoms with E-state index in [-0.39, 0.29) is 11.7 Å². The summed E-state index contributed by atoms with van der Waals surface area (Å²) < 4.78 is 0. The third-order valence-electron chi connectivity index (χ3n) is 2.58. The number of amides is 1. The maximum absolute atomic E-state index is 11.9. The fraction of sp³-hybridized carbons (Fsp3) is 0.273. The molecule has 0 aliphatic carbocycles. The van der Waals surface area contributed by atoms with Gasteiger partial charge in [0.15, 0.2) is 5.82 Å². The lowest BCUT2D eigenvalue weighted by atomic mass is 10.2. The van der Waals surface area contributed by atoms with E-state index in [1.54, 1.807) is 18.3 Å². The van der Waals surface area contributed by atoms with E-state index in [0.29, 0.717) is 17.8 Å². The van der Waals surface area contributed by atoms with Crippen LogP contribution in [0.25, 0.3) is 0 Å². The maximum Gasteiger partial charge on any atom is 0.257 e. The molecule has 0 spiro atoms. The molecule has 5 nitrogen and oxygen atoms in total. The average molecular weight is 250 g/mol. The molecule has 0 unspecified atom stereocenters. The highest BCUT2D eigenvalue weighted by Gasteiger charge is 2.15. The Bertz CT molecular complexity index is 524. The Morgan fingerprint density at radius 1 is 1.59 bits per heavy atom. The highest BCUT2D eigenvalue weighted by atomic mass is 32.1. The normalized spacial score (nSPS) is 10.5. The van der Waals surface area contributed by atoms with Gasteiger partial charge in [0.25, 0.3) is 5.91 Å². The number of nitrogens with zero attached hydrogens (tertiary/aromatic N) is 1. The zero-order valence-corrected chi connectivity index (χ0v) is 10.5. The molecule has 0 bridgehead atoms. The summed E-state index contributed by atoms with van der Waals surface area (Å²) in [5.74, 6) is 0.0458. The van der Waals surface area contributed by atoms with Crippen LogP contribution in [0.15, 0.2) is 11.4 Å². The van der Waals surface area contributed by atoms with Crippen LogP contribution in [0.3, 0.4) is 0 Å². The third kappa shape index (κ3) is 2.31. The number of H-pyrrole nitrogens is 1. The Hall–Kier alpha value is -1.82. The quantitative estimate of drug-likeness (QED) is 0.773. The topological polar surface area (TPSA) is 83.8 Å². The van der Waals surface area contributed by atoms with Crippen molar-refractivity contribution in [2.45, 2.75) is 20.4 Å². The first kappa shape index (κ1) is 11.7. The molecule has 4 N–H and O–H groups in total. The minimum atomic E-state index is -0.193. The molecule has 1 amide bonds. The van der Waals surface area contributed by atoms with Gasteiger partial charge in [-0.2, -0.15) is 5.10 Å². The minimum absolute atomic E-state index is 0.193. The Morgan fingerprint density at radius 2 is 2.35 bits per heavy atom. The third-order valence-corrected chi connectivity index (χ3v) is 3.60. The molecule has 2 aromatic heterocycles. The van der Waals surface area contributed by atoms with Crippen molar-refractivity contribution in [1.82, 2.24) is 15.5 Å². The molecule has 0 saturated carbocycles. The van der Waals surface area contributed by atoms with Gasteiger partial charge in [0, 0.05) is 10.6 Å². The Kier molecular flexibility index (Phi) is 3.14. The Morgan fingerprint density at radius 3 is 2.88 bits per heavy atom. The van der Waals surface area contributed by atoms with Gasteiger partial charge in [-0.15, -0.1) is 11.3 Å². The van der Waals surface area contributed by atoms with Gasteiger partial charge in [-0.3, -0.25) is 9.89 Å². The summed E-state index contributed by atoms with van der Waals surface area (Å²) >= 11 is 1.63. The Labute approximate surface area is 103 Å². The summed E-state index contributed by atoms with van der Waals surface area (Å²) in [5, 5.41) is 11.3. The number of nitrogen functional groups attached to an aromatic ring is 1. The predicted molar refractivity (Wildman–Crippen MR) is 68.0 cm³/mol. The molecule has 0 aliphatic rings. The van der Waals surface area contributed by atoms with Crippen molar-refractivity contribution >= 4 is 23.1 Å². The zero-order chi connectivity index (χ0) is 12.4. The van der Waals surface area contributed by atoms with Gasteiger partial charge in [-0.25, -0.2) is 0 Å². The maximum atomic E-state index is 11.9. The number of nitrogens with one attached hydrogen (secondary N) is 2. The second-order valence-electron chi connectivity index (χ2n) is 3.82. The highest BCUT2D eigenvalue weighted by Crippen LogP contribution is 2.16. The standard InChI is InChI=1S/C11H14N4OS/c1-6-3-4-17-8(6)5-13-11(16)9-7(2)14-15-10(9)12/h3-4H,5H2,1-2H3,(H,13,16)(H3,12,14,15). The average Bonchev–Trinajstić information content (AvgIpc) is 2.83. The number of anilines is 1. The van der Waals surface area contributed by atoms with Crippen LogP contribution in [0.1, 0.15) is 26.5 Å². The predicted octanol–water partition coefficient (Wildman–Crippen LogP) is 1.60. The SMILES string of the molecule is Cc1ccsc1CNC(=O)c1c(N)n[nH]c1C. The molecule has 0 aliphatic heterocycles. The lowest BCUT2D eigenvalue weighted by molar-refractivity contribution is 0.0951. The first-order valence-electron chi connectivity index (χ1n) is 5.21. The van der Waals surface area contributed by atoms with E-state index >= 15 is 0 Å². The number of rotatable bonds is 3. The summed E-state index contributed by atoms with van der Waals surface area (Å²) in [7, 11) is 0. The number of nitrogens with two attached hydrogens (primary N) is 1. The number of carbonyl (C=O) groups excluding carboxylic acids is 1. The monoisotopic (exact) mass is 250 g/mol. The van der Waals surface area contributed by atoms with Crippen molar-refractivity contribution in [1.29, 1.82) is 0 Å². The Balaban J connectivity index is 2.06. The molecule has 6 heteroatoms. The first-order chi connectivity index (χ1) is 8.09. The van der Waals surface area contributed by atoms with Gasteiger partial charge in [0.2, 0.25) is 0 Å². The number of aryl methyl sites for hydroxylation is 2. The molecule has 2 heterocycles. The summed E-state index contributed by atoms with van der Waals surface area (Å²) in [6, 6.07) is 2.03. The molecule has 0 atom stereocenters. The van der Waals surface area contributed by atoms with E-state index in [9.17, 15) is 4.79 Å². The molecular formula is C11H14N4OS. The second-order valence-corrected chi connectivity index (χ2v) is 4.82. The van der Waals surface area contributed by atoms with Crippen LogP contribution in [-0.4, -0.2) is 16.1 Å². The highest BCUT2D eigenvalue weighted by molar-refractivity contribution is 7.10. The molecule has 0 fully saturated rings. The van der Waals surface area contributed by atoms with Crippen molar-refractivity contribution < 1.29 is 4.79 Å². The molecule has 90 valence electrons. The molecule has 2 rings (SSSR count). The second kappa shape index (κ2) is 4.58. The van der Waals surface area contributed by atoms with Crippen molar-refractivity contribution in [2.24, 2.45) is 0 Å². The van der Waals surface area contributed by atoms with Crippen LogP contribution >= 0.6 is 11.3 Å². The van der Waals surface area contributed by atoms with E-state index in [4.69, 9.17) is 5.73 Å². The van der Waals surface area contributed by atoms with Gasteiger partial charge in [0.05, 0.1) is 6.54 Å². The molecule has 2 aromatic rings. The van der Waals surface area contributed by atoms with Gasteiger partial charge in [-0.1, -0.05) is 0 Å². The van der Waals surface area contributed by atoms with E-state index in [2.05, 4.69) is 15.5 Å². The van der Waals surface area contributed by atoms with Crippen LogP contribution in [0.4, 0.5) is 5.82 Å². The number of aromatic amines is 1. The van der Waals surface area contributed by atoms with Gasteiger partial charge < -0.3 is 11.1 Å². The van der Waals surface area contributed by atoms with Crippen molar-refractivity contribution in [3.63, 3.8) is 0 Å². The number of aromatic nitrogens is 2. The lowest BCUT2D eigenvalue weighted by Crippen LogP contribution is -2.23. The first-order valence-corrected chi connectivity index (χ1v) is 6.09. The van der Waals surface area contributed by atoms with Gasteiger partial charge in [0.1, 0.15) is 5.56 Å². The van der Waals surface area contributed by atoms with Crippen LogP contribution in [0.2, 0.25) is 0 Å². The van der Waals surface area contributed by atoms with Crippen LogP contribution in [0.5, 0.6) is 0 Å².